The fourth-order valence-electron chi connectivity index (χ4n) is 4.92. The summed E-state index contributed by atoms with van der Waals surface area (Å²) in [6.07, 6.45) is 16.0. The lowest BCUT2D eigenvalue weighted by Gasteiger charge is -2.29. The first-order valence-electron chi connectivity index (χ1n) is 11.6. The van der Waals surface area contributed by atoms with E-state index in [4.69, 9.17) is 9.73 Å². The Morgan fingerprint density at radius 3 is 2.88 bits per heavy atom. The van der Waals surface area contributed by atoms with Crippen LogP contribution in [0.3, 0.4) is 0 Å². The maximum absolute atomic E-state index is 10.2. The first kappa shape index (κ1) is 22.8. The van der Waals surface area contributed by atoms with Crippen LogP contribution in [0.1, 0.15) is 28.4 Å². The molecule has 0 bridgehead atoms. The molecular formula is C27H31N5OS. The third-order valence-corrected chi connectivity index (χ3v) is 8.23. The minimum atomic E-state index is -0.581. The molecule has 3 atom stereocenters. The summed E-state index contributed by atoms with van der Waals surface area (Å²) in [6.45, 7) is 1.26. The smallest absolute Gasteiger partial charge is 0.123 e. The second kappa shape index (κ2) is 9.01. The van der Waals surface area contributed by atoms with E-state index in [0.29, 0.717) is 19.6 Å². The standard InChI is InChI=1S/C27H31N5OS/c1-34(2,3)13-12-33-19-32-11-9-23-25(30-18-31-26(23)32)20-6-4-8-22(14-20)27(17-28)15-21-7-5-10-29-24(21)16-27/h4-11,14,18,23,25H,12-13,15-16,19H2,1-3H3. The lowest BCUT2D eigenvalue weighted by molar-refractivity contribution is 0.0959. The molecule has 0 fully saturated rings. The Hall–Kier alpha value is -2.95. The molecule has 7 heteroatoms. The zero-order valence-corrected chi connectivity index (χ0v) is 20.8. The minimum Gasteiger partial charge on any atom is -0.360 e. The highest BCUT2D eigenvalue weighted by Gasteiger charge is 2.41. The van der Waals surface area contributed by atoms with Gasteiger partial charge in [0.25, 0.3) is 0 Å². The van der Waals surface area contributed by atoms with Crippen LogP contribution >= 0.6 is 10.0 Å². The molecule has 2 aliphatic heterocycles. The Bertz CT molecular complexity index is 1180. The Kier molecular flexibility index (Phi) is 6.05. The third kappa shape index (κ3) is 4.40. The van der Waals surface area contributed by atoms with Crippen molar-refractivity contribution in [2.45, 2.75) is 24.3 Å². The highest BCUT2D eigenvalue weighted by Crippen LogP contribution is 2.41. The Morgan fingerprint density at radius 1 is 1.21 bits per heavy atom. The molecule has 0 amide bonds. The van der Waals surface area contributed by atoms with Gasteiger partial charge in [0.1, 0.15) is 18.9 Å². The number of aliphatic imine (C=N–C) groups is 2. The summed E-state index contributed by atoms with van der Waals surface area (Å²) in [4.78, 5) is 15.9. The van der Waals surface area contributed by atoms with Gasteiger partial charge >= 0.3 is 0 Å². The van der Waals surface area contributed by atoms with E-state index >= 15 is 0 Å². The number of ether oxygens (including phenoxy) is 1. The number of aromatic nitrogens is 1. The van der Waals surface area contributed by atoms with Crippen molar-refractivity contribution in [1.82, 2.24) is 9.88 Å². The molecule has 34 heavy (non-hydrogen) atoms. The van der Waals surface area contributed by atoms with Crippen molar-refractivity contribution < 1.29 is 4.74 Å². The van der Waals surface area contributed by atoms with Gasteiger partial charge in [-0.3, -0.25) is 9.98 Å². The summed E-state index contributed by atoms with van der Waals surface area (Å²) < 4.78 is 5.96. The third-order valence-electron chi connectivity index (χ3n) is 6.83. The summed E-state index contributed by atoms with van der Waals surface area (Å²) in [5.41, 5.74) is 3.76. The fourth-order valence-corrected chi connectivity index (χ4v) is 5.54. The van der Waals surface area contributed by atoms with Crippen molar-refractivity contribution in [3.8, 4) is 6.07 Å². The van der Waals surface area contributed by atoms with Crippen LogP contribution in [0.25, 0.3) is 0 Å². The van der Waals surface area contributed by atoms with Crippen molar-refractivity contribution in [2.24, 2.45) is 15.9 Å². The highest BCUT2D eigenvalue weighted by atomic mass is 32.3. The van der Waals surface area contributed by atoms with E-state index in [-0.39, 0.29) is 12.0 Å². The van der Waals surface area contributed by atoms with Gasteiger partial charge in [0.2, 0.25) is 0 Å². The SMILES string of the molecule is CS(C)(C)CCOCN1C=CC2C1=NC=NC2c1cccc(C2(C#N)Cc3cccnc3C2)c1. The number of nitrogens with zero attached hydrogens (tertiary/aromatic N) is 5. The van der Waals surface area contributed by atoms with Crippen LogP contribution in [-0.2, 0) is 23.0 Å². The molecule has 0 N–H and O–H groups in total. The molecule has 3 unspecified atom stereocenters. The van der Waals surface area contributed by atoms with Gasteiger partial charge in [0.05, 0.1) is 30.1 Å². The summed E-state index contributed by atoms with van der Waals surface area (Å²) in [7, 11) is -0.564. The van der Waals surface area contributed by atoms with Crippen molar-refractivity contribution in [3.63, 3.8) is 0 Å². The fraction of sp³-hybridized carbons (Fsp3) is 0.407. The molecule has 0 radical (unpaired) electrons. The van der Waals surface area contributed by atoms with Gasteiger partial charge in [0.15, 0.2) is 0 Å². The van der Waals surface area contributed by atoms with Crippen molar-refractivity contribution >= 4 is 22.2 Å². The van der Waals surface area contributed by atoms with Gasteiger partial charge in [0, 0.05) is 30.3 Å². The first-order chi connectivity index (χ1) is 16.4. The number of hydrogen-bond donors (Lipinski definition) is 0. The van der Waals surface area contributed by atoms with E-state index < -0.39 is 15.4 Å². The van der Waals surface area contributed by atoms with Crippen LogP contribution in [0.5, 0.6) is 0 Å². The monoisotopic (exact) mass is 473 g/mol. The van der Waals surface area contributed by atoms with Crippen LogP contribution in [0.15, 0.2) is 64.9 Å². The van der Waals surface area contributed by atoms with Gasteiger partial charge in [-0.1, -0.05) is 36.4 Å². The topological polar surface area (TPSA) is 73.9 Å². The molecule has 0 saturated carbocycles. The van der Waals surface area contributed by atoms with Gasteiger partial charge in [-0.25, -0.2) is 15.0 Å². The van der Waals surface area contributed by atoms with Gasteiger partial charge in [-0.15, -0.1) is 0 Å². The largest absolute Gasteiger partial charge is 0.360 e. The second-order valence-electron chi connectivity index (χ2n) is 10.1. The number of pyridine rings is 1. The summed E-state index contributed by atoms with van der Waals surface area (Å²) in [5, 5.41) is 10.2. The second-order valence-corrected chi connectivity index (χ2v) is 14.7. The predicted molar refractivity (Wildman–Crippen MR) is 140 cm³/mol. The molecule has 1 aliphatic carbocycles. The van der Waals surface area contributed by atoms with Crippen LogP contribution in [0, 0.1) is 17.2 Å². The number of nitriles is 1. The number of amidine groups is 1. The van der Waals surface area contributed by atoms with E-state index in [1.807, 2.05) is 12.3 Å². The van der Waals surface area contributed by atoms with Crippen molar-refractivity contribution in [2.75, 3.05) is 37.9 Å². The van der Waals surface area contributed by atoms with Crippen LogP contribution in [0.2, 0.25) is 0 Å². The average molecular weight is 474 g/mol. The average Bonchev–Trinajstić information content (AvgIpc) is 3.43. The molecular weight excluding hydrogens is 442 g/mol. The molecule has 3 aliphatic rings. The van der Waals surface area contributed by atoms with E-state index in [1.165, 1.54) is 5.56 Å². The highest BCUT2D eigenvalue weighted by molar-refractivity contribution is 8.32. The first-order valence-corrected chi connectivity index (χ1v) is 14.6. The lowest BCUT2D eigenvalue weighted by Crippen LogP contribution is -2.33. The van der Waals surface area contributed by atoms with Gasteiger partial charge < -0.3 is 9.64 Å². The van der Waals surface area contributed by atoms with Crippen LogP contribution < -0.4 is 0 Å². The molecule has 1 aromatic heterocycles. The van der Waals surface area contributed by atoms with Crippen molar-refractivity contribution in [3.05, 3.63) is 77.3 Å². The number of fused-ring (bicyclic) bond motifs is 2. The quantitative estimate of drug-likeness (QED) is 0.564. The van der Waals surface area contributed by atoms with Crippen LogP contribution in [-0.4, -0.2) is 59.9 Å². The molecule has 1 aromatic carbocycles. The van der Waals surface area contributed by atoms with E-state index in [2.05, 4.69) is 82.3 Å². The Balaban J connectivity index is 1.32. The van der Waals surface area contributed by atoms with Crippen LogP contribution in [0.4, 0.5) is 0 Å². The molecule has 3 heterocycles. The minimum absolute atomic E-state index is 0.0645. The predicted octanol–water partition coefficient (Wildman–Crippen LogP) is 4.24. The molecule has 0 saturated heterocycles. The summed E-state index contributed by atoms with van der Waals surface area (Å²) in [6, 6.07) is 15.0. The Labute approximate surface area is 203 Å². The van der Waals surface area contributed by atoms with Crippen molar-refractivity contribution in [1.29, 1.82) is 5.26 Å². The van der Waals surface area contributed by atoms with Gasteiger partial charge in [-0.2, -0.15) is 5.26 Å². The molecule has 176 valence electrons. The molecule has 5 rings (SSSR count). The summed E-state index contributed by atoms with van der Waals surface area (Å²) >= 11 is 0. The van der Waals surface area contributed by atoms with Gasteiger partial charge in [-0.05, 0) is 47.9 Å². The normalized spacial score (nSPS) is 25.6. The number of benzene rings is 1. The zero-order valence-electron chi connectivity index (χ0n) is 20.0. The molecule has 0 spiro atoms. The van der Waals surface area contributed by atoms with E-state index in [9.17, 15) is 5.26 Å². The number of rotatable bonds is 7. The van der Waals surface area contributed by atoms with E-state index in [0.717, 1.165) is 35.0 Å². The Morgan fingerprint density at radius 2 is 2.09 bits per heavy atom. The molecule has 6 nitrogen and oxygen atoms in total. The van der Waals surface area contributed by atoms with E-state index in [1.54, 1.807) is 6.34 Å². The molecule has 2 aromatic rings. The number of hydrogen-bond acceptors (Lipinski definition) is 6. The maximum atomic E-state index is 10.2. The summed E-state index contributed by atoms with van der Waals surface area (Å²) in [5.74, 6) is 2.13. The lowest BCUT2D eigenvalue weighted by atomic mass is 9.78. The maximum Gasteiger partial charge on any atom is 0.123 e. The zero-order chi connectivity index (χ0) is 23.8.